The zero-order valence-electron chi connectivity index (χ0n) is 17.0. The molecule has 6 nitrogen and oxygen atoms in total. The first-order chi connectivity index (χ1) is 13.4. The molecular formula is C22H29N3O3. The van der Waals surface area contributed by atoms with E-state index in [1.807, 2.05) is 55.1 Å². The van der Waals surface area contributed by atoms with E-state index in [1.165, 1.54) is 0 Å². The van der Waals surface area contributed by atoms with Gasteiger partial charge >= 0.3 is 0 Å². The fourth-order valence-electron chi connectivity index (χ4n) is 3.50. The summed E-state index contributed by atoms with van der Waals surface area (Å²) in [6.45, 7) is 7.61. The highest BCUT2D eigenvalue weighted by atomic mass is 16.3. The van der Waals surface area contributed by atoms with Crippen molar-refractivity contribution in [1.29, 1.82) is 0 Å². The van der Waals surface area contributed by atoms with E-state index in [2.05, 4.69) is 4.90 Å². The molecule has 1 fully saturated rings. The summed E-state index contributed by atoms with van der Waals surface area (Å²) in [7, 11) is 1.80. The van der Waals surface area contributed by atoms with Crippen LogP contribution >= 0.6 is 0 Å². The minimum Gasteiger partial charge on any atom is -0.464 e. The van der Waals surface area contributed by atoms with E-state index in [4.69, 9.17) is 4.42 Å². The summed E-state index contributed by atoms with van der Waals surface area (Å²) < 4.78 is 5.55. The van der Waals surface area contributed by atoms with E-state index in [1.54, 1.807) is 11.9 Å². The molecule has 0 saturated carbocycles. The molecular weight excluding hydrogens is 354 g/mol. The van der Waals surface area contributed by atoms with Crippen molar-refractivity contribution in [3.05, 3.63) is 59.0 Å². The fourth-order valence-corrected chi connectivity index (χ4v) is 3.50. The average Bonchev–Trinajstić information content (AvgIpc) is 2.93. The number of nitrogens with zero attached hydrogens (tertiary/aromatic N) is 3. The Morgan fingerprint density at radius 2 is 1.89 bits per heavy atom. The monoisotopic (exact) mass is 383 g/mol. The zero-order chi connectivity index (χ0) is 20.1. The summed E-state index contributed by atoms with van der Waals surface area (Å²) in [6.07, 6.45) is 0.867. The van der Waals surface area contributed by atoms with Gasteiger partial charge in [0, 0.05) is 38.8 Å². The third kappa shape index (κ3) is 5.23. The Kier molecular flexibility index (Phi) is 6.52. The van der Waals surface area contributed by atoms with Gasteiger partial charge in [-0.2, -0.15) is 0 Å². The summed E-state index contributed by atoms with van der Waals surface area (Å²) in [4.78, 5) is 31.1. The van der Waals surface area contributed by atoms with E-state index < -0.39 is 0 Å². The van der Waals surface area contributed by atoms with Crippen molar-refractivity contribution in [2.24, 2.45) is 0 Å². The van der Waals surface area contributed by atoms with Gasteiger partial charge in [0.05, 0.1) is 13.1 Å². The predicted molar refractivity (Wildman–Crippen MR) is 108 cm³/mol. The Labute approximate surface area is 166 Å². The number of aryl methyl sites for hydroxylation is 2. The van der Waals surface area contributed by atoms with Gasteiger partial charge in [-0.25, -0.2) is 0 Å². The lowest BCUT2D eigenvalue weighted by Crippen LogP contribution is -2.40. The predicted octanol–water partition coefficient (Wildman–Crippen LogP) is 2.70. The number of amides is 2. The number of benzene rings is 1. The van der Waals surface area contributed by atoms with Crippen LogP contribution in [-0.4, -0.2) is 66.3 Å². The van der Waals surface area contributed by atoms with E-state index in [0.29, 0.717) is 26.2 Å². The maximum atomic E-state index is 12.8. The number of likely N-dealkylation sites (N-methyl/N-ethyl adjacent to an activating group) is 1. The van der Waals surface area contributed by atoms with E-state index >= 15 is 0 Å². The number of carbonyl (C=O) groups excluding carboxylic acids is 2. The van der Waals surface area contributed by atoms with Crippen LogP contribution in [0.4, 0.5) is 0 Å². The summed E-state index contributed by atoms with van der Waals surface area (Å²) in [6, 6.07) is 11.5. The van der Waals surface area contributed by atoms with Crippen LogP contribution in [0.5, 0.6) is 0 Å². The van der Waals surface area contributed by atoms with Crippen molar-refractivity contribution in [1.82, 2.24) is 14.7 Å². The van der Waals surface area contributed by atoms with Crippen LogP contribution in [0.2, 0.25) is 0 Å². The minimum atomic E-state index is 0.0625. The quantitative estimate of drug-likeness (QED) is 0.797. The van der Waals surface area contributed by atoms with E-state index in [9.17, 15) is 9.59 Å². The van der Waals surface area contributed by atoms with Crippen molar-refractivity contribution >= 4 is 11.8 Å². The van der Waals surface area contributed by atoms with Crippen molar-refractivity contribution in [3.8, 4) is 0 Å². The van der Waals surface area contributed by atoms with E-state index in [-0.39, 0.29) is 11.8 Å². The topological polar surface area (TPSA) is 57.0 Å². The Bertz CT molecular complexity index is 830. The van der Waals surface area contributed by atoms with Crippen molar-refractivity contribution in [2.75, 3.05) is 39.8 Å². The second-order valence-corrected chi connectivity index (χ2v) is 7.55. The lowest BCUT2D eigenvalue weighted by Gasteiger charge is -2.24. The first kappa shape index (κ1) is 20.1. The van der Waals surface area contributed by atoms with Gasteiger partial charge in [-0.1, -0.05) is 17.7 Å². The van der Waals surface area contributed by atoms with Crippen LogP contribution < -0.4 is 0 Å². The second kappa shape index (κ2) is 9.06. The zero-order valence-corrected chi connectivity index (χ0v) is 17.0. The molecule has 0 unspecified atom stereocenters. The van der Waals surface area contributed by atoms with Gasteiger partial charge in [-0.3, -0.25) is 14.5 Å². The summed E-state index contributed by atoms with van der Waals surface area (Å²) in [5, 5.41) is 0. The SMILES string of the molecule is Cc1cccc(C(=O)N2CCCN(CC(=O)N(C)Cc3ccc(C)o3)CC2)c1. The summed E-state index contributed by atoms with van der Waals surface area (Å²) in [5.74, 6) is 1.77. The maximum absolute atomic E-state index is 12.8. The molecule has 1 saturated heterocycles. The molecule has 2 amide bonds. The van der Waals surface area contributed by atoms with Crippen LogP contribution in [0.15, 0.2) is 40.8 Å². The highest BCUT2D eigenvalue weighted by Gasteiger charge is 2.22. The molecule has 0 bridgehead atoms. The maximum Gasteiger partial charge on any atom is 0.253 e. The number of carbonyl (C=O) groups is 2. The molecule has 0 spiro atoms. The lowest BCUT2D eigenvalue weighted by atomic mass is 10.1. The van der Waals surface area contributed by atoms with Gasteiger partial charge in [-0.05, 0) is 44.5 Å². The molecule has 0 radical (unpaired) electrons. The van der Waals surface area contributed by atoms with Crippen molar-refractivity contribution < 1.29 is 14.0 Å². The van der Waals surface area contributed by atoms with Gasteiger partial charge < -0.3 is 14.2 Å². The average molecular weight is 383 g/mol. The molecule has 3 rings (SSSR count). The van der Waals surface area contributed by atoms with Crippen molar-refractivity contribution in [2.45, 2.75) is 26.8 Å². The number of hydrogen-bond donors (Lipinski definition) is 0. The second-order valence-electron chi connectivity index (χ2n) is 7.55. The number of hydrogen-bond acceptors (Lipinski definition) is 4. The first-order valence-corrected chi connectivity index (χ1v) is 9.80. The standard InChI is InChI=1S/C22H29N3O3/c1-17-6-4-7-19(14-17)22(27)25-11-5-10-24(12-13-25)16-21(26)23(3)15-20-9-8-18(2)28-20/h4,6-9,14H,5,10-13,15-16H2,1-3H3. The molecule has 0 atom stereocenters. The number of rotatable bonds is 5. The summed E-state index contributed by atoms with van der Waals surface area (Å²) in [5.41, 5.74) is 1.82. The van der Waals surface area contributed by atoms with Crippen LogP contribution in [0.3, 0.4) is 0 Å². The molecule has 1 aromatic carbocycles. The largest absolute Gasteiger partial charge is 0.464 e. The molecule has 2 aromatic rings. The van der Waals surface area contributed by atoms with Crippen LogP contribution in [-0.2, 0) is 11.3 Å². The smallest absolute Gasteiger partial charge is 0.253 e. The van der Waals surface area contributed by atoms with Crippen LogP contribution in [0.25, 0.3) is 0 Å². The van der Waals surface area contributed by atoms with Gasteiger partial charge in [0.15, 0.2) is 0 Å². The van der Waals surface area contributed by atoms with Gasteiger partial charge in [0.1, 0.15) is 11.5 Å². The Balaban J connectivity index is 1.51. The molecule has 0 aliphatic carbocycles. The molecule has 150 valence electrons. The molecule has 1 aromatic heterocycles. The highest BCUT2D eigenvalue weighted by molar-refractivity contribution is 5.94. The lowest BCUT2D eigenvalue weighted by molar-refractivity contribution is -0.131. The Morgan fingerprint density at radius 1 is 1.07 bits per heavy atom. The summed E-state index contributed by atoms with van der Waals surface area (Å²) >= 11 is 0. The third-order valence-electron chi connectivity index (χ3n) is 5.11. The Hall–Kier alpha value is -2.60. The highest BCUT2D eigenvalue weighted by Crippen LogP contribution is 2.12. The molecule has 2 heterocycles. The molecule has 0 N–H and O–H groups in total. The first-order valence-electron chi connectivity index (χ1n) is 9.80. The van der Waals surface area contributed by atoms with Gasteiger partial charge in [-0.15, -0.1) is 0 Å². The minimum absolute atomic E-state index is 0.0625. The molecule has 1 aliphatic rings. The fraction of sp³-hybridized carbons (Fsp3) is 0.455. The number of furan rings is 1. The van der Waals surface area contributed by atoms with Gasteiger partial charge in [0.2, 0.25) is 5.91 Å². The van der Waals surface area contributed by atoms with Crippen LogP contribution in [0, 0.1) is 13.8 Å². The van der Waals surface area contributed by atoms with E-state index in [0.717, 1.165) is 42.2 Å². The normalized spacial score (nSPS) is 15.3. The van der Waals surface area contributed by atoms with Crippen molar-refractivity contribution in [3.63, 3.8) is 0 Å². The molecule has 28 heavy (non-hydrogen) atoms. The third-order valence-corrected chi connectivity index (χ3v) is 5.11. The van der Waals surface area contributed by atoms with Gasteiger partial charge in [0.25, 0.3) is 5.91 Å². The Morgan fingerprint density at radius 3 is 2.61 bits per heavy atom. The van der Waals surface area contributed by atoms with Crippen LogP contribution in [0.1, 0.15) is 33.9 Å². The molecule has 1 aliphatic heterocycles. The molecule has 6 heteroatoms.